The Bertz CT molecular complexity index is 422. The number of aliphatic hydroxyl groups excluding tert-OH is 1. The highest BCUT2D eigenvalue weighted by atomic mass is 32.2. The van der Waals surface area contributed by atoms with Crippen molar-refractivity contribution in [2.75, 3.05) is 6.54 Å². The van der Waals surface area contributed by atoms with E-state index < -0.39 is 16.1 Å². The summed E-state index contributed by atoms with van der Waals surface area (Å²) in [5.41, 5.74) is 0.672. The van der Waals surface area contributed by atoms with Crippen molar-refractivity contribution in [3.63, 3.8) is 0 Å². The molecule has 1 heterocycles. The fourth-order valence-corrected chi connectivity index (χ4v) is 2.86. The number of rotatable bonds is 6. The molecule has 1 saturated carbocycles. The van der Waals surface area contributed by atoms with Crippen molar-refractivity contribution in [1.82, 2.24) is 4.72 Å². The molecule has 0 radical (unpaired) electrons. The zero-order chi connectivity index (χ0) is 11.6. The van der Waals surface area contributed by atoms with Gasteiger partial charge in [0.1, 0.15) is 0 Å². The molecular formula is C10H15NO4S. The highest BCUT2D eigenvalue weighted by Crippen LogP contribution is 2.27. The lowest BCUT2D eigenvalue weighted by Crippen LogP contribution is -2.28. The van der Waals surface area contributed by atoms with E-state index in [-0.39, 0.29) is 11.8 Å². The lowest BCUT2D eigenvalue weighted by atomic mass is 10.1. The average molecular weight is 245 g/mol. The topological polar surface area (TPSA) is 79.5 Å². The molecule has 0 amide bonds. The molecule has 1 fully saturated rings. The highest BCUT2D eigenvalue weighted by Gasteiger charge is 2.35. The number of hydrogen-bond acceptors (Lipinski definition) is 4. The zero-order valence-corrected chi connectivity index (χ0v) is 9.61. The fraction of sp³-hybridized carbons (Fsp3) is 0.600. The van der Waals surface area contributed by atoms with Gasteiger partial charge in [-0.25, -0.2) is 13.1 Å². The maximum atomic E-state index is 11.4. The van der Waals surface area contributed by atoms with Crippen LogP contribution < -0.4 is 4.72 Å². The molecule has 0 unspecified atom stereocenters. The van der Waals surface area contributed by atoms with Gasteiger partial charge in [-0.3, -0.25) is 0 Å². The standard InChI is InChI=1S/C10H15NO4S/c12-10(8-4-6-15-7-8)3-5-11-16(13,14)9-1-2-9/h4,6-7,9-12H,1-3,5H2/t10-/m0/s1. The van der Waals surface area contributed by atoms with E-state index in [2.05, 4.69) is 4.72 Å². The maximum absolute atomic E-state index is 11.4. The molecule has 1 atom stereocenters. The predicted molar refractivity (Wildman–Crippen MR) is 58.2 cm³/mol. The van der Waals surface area contributed by atoms with E-state index in [0.717, 1.165) is 12.8 Å². The third-order valence-electron chi connectivity index (χ3n) is 2.61. The Morgan fingerprint density at radius 3 is 2.88 bits per heavy atom. The molecule has 2 rings (SSSR count). The molecule has 1 aliphatic carbocycles. The lowest BCUT2D eigenvalue weighted by Gasteiger charge is -2.09. The third-order valence-corrected chi connectivity index (χ3v) is 4.57. The molecule has 0 spiro atoms. The van der Waals surface area contributed by atoms with Gasteiger partial charge in [-0.05, 0) is 25.3 Å². The van der Waals surface area contributed by atoms with E-state index in [4.69, 9.17) is 4.42 Å². The van der Waals surface area contributed by atoms with Gasteiger partial charge >= 0.3 is 0 Å². The first-order valence-electron chi connectivity index (χ1n) is 5.28. The van der Waals surface area contributed by atoms with E-state index in [9.17, 15) is 13.5 Å². The third kappa shape index (κ3) is 2.84. The molecule has 90 valence electrons. The summed E-state index contributed by atoms with van der Waals surface area (Å²) < 4.78 is 30.2. The van der Waals surface area contributed by atoms with Crippen molar-refractivity contribution >= 4 is 10.0 Å². The molecule has 16 heavy (non-hydrogen) atoms. The van der Waals surface area contributed by atoms with Crippen LogP contribution in [0.1, 0.15) is 30.9 Å². The van der Waals surface area contributed by atoms with Gasteiger partial charge in [-0.1, -0.05) is 0 Å². The van der Waals surface area contributed by atoms with Gasteiger partial charge in [0.25, 0.3) is 0 Å². The summed E-state index contributed by atoms with van der Waals surface area (Å²) in [6.07, 6.45) is 4.11. The Labute approximate surface area is 94.5 Å². The molecule has 1 aromatic heterocycles. The largest absolute Gasteiger partial charge is 0.472 e. The van der Waals surface area contributed by atoms with Gasteiger partial charge in [0.05, 0.1) is 23.9 Å². The Balaban J connectivity index is 1.76. The first kappa shape index (κ1) is 11.6. The first-order valence-corrected chi connectivity index (χ1v) is 6.83. The normalized spacial score (nSPS) is 18.6. The van der Waals surface area contributed by atoms with Gasteiger partial charge in [-0.2, -0.15) is 0 Å². The smallest absolute Gasteiger partial charge is 0.214 e. The molecule has 0 bridgehead atoms. The minimum absolute atomic E-state index is 0.210. The SMILES string of the molecule is O=S(=O)(NCC[C@H](O)c1ccoc1)C1CC1. The zero-order valence-electron chi connectivity index (χ0n) is 8.80. The van der Waals surface area contributed by atoms with Crippen LogP contribution in [0.25, 0.3) is 0 Å². The molecule has 1 aromatic rings. The monoisotopic (exact) mass is 245 g/mol. The van der Waals surface area contributed by atoms with Gasteiger partial charge in [0, 0.05) is 12.1 Å². The van der Waals surface area contributed by atoms with E-state index in [0.29, 0.717) is 12.0 Å². The summed E-state index contributed by atoms with van der Waals surface area (Å²) in [6.45, 7) is 0.255. The molecule has 5 nitrogen and oxygen atoms in total. The van der Waals surface area contributed by atoms with Gasteiger partial charge in [-0.15, -0.1) is 0 Å². The summed E-state index contributed by atoms with van der Waals surface area (Å²) in [7, 11) is -3.14. The number of furan rings is 1. The van der Waals surface area contributed by atoms with Crippen molar-refractivity contribution in [1.29, 1.82) is 0 Å². The van der Waals surface area contributed by atoms with Gasteiger partial charge in [0.15, 0.2) is 0 Å². The number of hydrogen-bond donors (Lipinski definition) is 2. The minimum atomic E-state index is -3.14. The van der Waals surface area contributed by atoms with Crippen LogP contribution in [0.2, 0.25) is 0 Å². The van der Waals surface area contributed by atoms with Crippen LogP contribution in [0, 0.1) is 0 Å². The second-order valence-corrected chi connectivity index (χ2v) is 6.05. The quantitative estimate of drug-likeness (QED) is 0.776. The summed E-state index contributed by atoms with van der Waals surface area (Å²) >= 11 is 0. The van der Waals surface area contributed by atoms with Crippen molar-refractivity contribution < 1.29 is 17.9 Å². The van der Waals surface area contributed by atoms with Crippen molar-refractivity contribution in [3.05, 3.63) is 24.2 Å². The molecule has 0 aliphatic heterocycles. The summed E-state index contributed by atoms with van der Waals surface area (Å²) in [5.74, 6) is 0. The van der Waals surface area contributed by atoms with E-state index in [1.54, 1.807) is 6.07 Å². The molecule has 6 heteroatoms. The van der Waals surface area contributed by atoms with Crippen molar-refractivity contribution in [2.45, 2.75) is 30.6 Å². The molecule has 0 aromatic carbocycles. The Morgan fingerprint density at radius 2 is 2.31 bits per heavy atom. The van der Waals surface area contributed by atoms with Crippen LogP contribution in [-0.2, 0) is 10.0 Å². The summed E-state index contributed by atoms with van der Waals surface area (Å²) in [5, 5.41) is 9.46. The van der Waals surface area contributed by atoms with Crippen LogP contribution in [-0.4, -0.2) is 25.3 Å². The second-order valence-electron chi connectivity index (χ2n) is 4.00. The van der Waals surface area contributed by atoms with Crippen LogP contribution in [0.5, 0.6) is 0 Å². The first-order chi connectivity index (χ1) is 7.59. The summed E-state index contributed by atoms with van der Waals surface area (Å²) in [4.78, 5) is 0. The highest BCUT2D eigenvalue weighted by molar-refractivity contribution is 7.90. The summed E-state index contributed by atoms with van der Waals surface area (Å²) in [6, 6.07) is 1.67. The van der Waals surface area contributed by atoms with Gasteiger partial charge < -0.3 is 9.52 Å². The molecule has 1 aliphatic rings. The van der Waals surface area contributed by atoms with Gasteiger partial charge in [0.2, 0.25) is 10.0 Å². The van der Waals surface area contributed by atoms with Crippen LogP contribution in [0.4, 0.5) is 0 Å². The number of sulfonamides is 1. The maximum Gasteiger partial charge on any atom is 0.214 e. The van der Waals surface area contributed by atoms with Crippen molar-refractivity contribution in [3.8, 4) is 0 Å². The predicted octanol–water partition coefficient (Wildman–Crippen LogP) is 0.785. The lowest BCUT2D eigenvalue weighted by molar-refractivity contribution is 0.168. The van der Waals surface area contributed by atoms with E-state index >= 15 is 0 Å². The van der Waals surface area contributed by atoms with Crippen LogP contribution >= 0.6 is 0 Å². The molecule has 0 saturated heterocycles. The van der Waals surface area contributed by atoms with Crippen LogP contribution in [0.15, 0.2) is 23.0 Å². The second kappa shape index (κ2) is 4.57. The molecular weight excluding hydrogens is 230 g/mol. The Hall–Kier alpha value is -0.850. The van der Waals surface area contributed by atoms with E-state index in [1.165, 1.54) is 12.5 Å². The number of aliphatic hydroxyl groups is 1. The van der Waals surface area contributed by atoms with Crippen LogP contribution in [0.3, 0.4) is 0 Å². The van der Waals surface area contributed by atoms with E-state index in [1.807, 2.05) is 0 Å². The number of nitrogens with one attached hydrogen (secondary N) is 1. The minimum Gasteiger partial charge on any atom is -0.472 e. The Kier molecular flexibility index (Phi) is 3.32. The van der Waals surface area contributed by atoms with Crippen molar-refractivity contribution in [2.24, 2.45) is 0 Å². The molecule has 2 N–H and O–H groups in total. The Morgan fingerprint density at radius 1 is 1.56 bits per heavy atom. The fourth-order valence-electron chi connectivity index (χ4n) is 1.47. The average Bonchev–Trinajstić information content (AvgIpc) is 2.95.